The molecule has 24 heavy (non-hydrogen) atoms. The summed E-state index contributed by atoms with van der Waals surface area (Å²) >= 11 is 0. The average molecular weight is 319 g/mol. The van der Waals surface area contributed by atoms with Crippen LogP contribution in [-0.2, 0) is 11.2 Å². The first kappa shape index (κ1) is 15.6. The molecule has 0 saturated carbocycles. The minimum atomic E-state index is -0.139. The molecule has 0 aliphatic heterocycles. The van der Waals surface area contributed by atoms with Gasteiger partial charge in [0.2, 0.25) is 5.91 Å². The molecule has 0 atom stereocenters. The second kappa shape index (κ2) is 7.32. The van der Waals surface area contributed by atoms with Gasteiger partial charge in [0, 0.05) is 0 Å². The fourth-order valence-corrected chi connectivity index (χ4v) is 2.23. The number of carbonyl (C=O) groups is 1. The Morgan fingerprint density at radius 2 is 1.88 bits per heavy atom. The number of nitrogens with zero attached hydrogens (tertiary/aromatic N) is 4. The van der Waals surface area contributed by atoms with E-state index in [4.69, 9.17) is 0 Å². The standard InChI is InChI=1S/C18H17N5O/c1-14(21-22-18(24)11-15-5-3-2-4-6-15)16-7-9-17(10-8-16)23-13-19-12-20-23/h2-10,12-13H,11H2,1H3,(H,22,24)/b21-14+. The summed E-state index contributed by atoms with van der Waals surface area (Å²) in [7, 11) is 0. The maximum Gasteiger partial charge on any atom is 0.244 e. The topological polar surface area (TPSA) is 72.2 Å². The molecular weight excluding hydrogens is 302 g/mol. The van der Waals surface area contributed by atoms with Crippen molar-refractivity contribution in [2.75, 3.05) is 0 Å². The number of amides is 1. The number of benzene rings is 2. The second-order valence-electron chi connectivity index (χ2n) is 5.28. The molecule has 6 nitrogen and oxygen atoms in total. The highest BCUT2D eigenvalue weighted by Gasteiger charge is 2.04. The number of carbonyl (C=O) groups excluding carboxylic acids is 1. The van der Waals surface area contributed by atoms with Crippen LogP contribution in [0.2, 0.25) is 0 Å². The maximum absolute atomic E-state index is 11.9. The lowest BCUT2D eigenvalue weighted by Crippen LogP contribution is -2.21. The lowest BCUT2D eigenvalue weighted by atomic mass is 10.1. The Labute approximate surface area is 139 Å². The Morgan fingerprint density at radius 3 is 2.54 bits per heavy atom. The summed E-state index contributed by atoms with van der Waals surface area (Å²) in [5, 5.41) is 8.24. The van der Waals surface area contributed by atoms with Gasteiger partial charge in [-0.25, -0.2) is 15.1 Å². The van der Waals surface area contributed by atoms with Crippen molar-refractivity contribution in [1.82, 2.24) is 20.2 Å². The van der Waals surface area contributed by atoms with Crippen LogP contribution >= 0.6 is 0 Å². The normalized spacial score (nSPS) is 11.3. The third kappa shape index (κ3) is 3.92. The number of rotatable bonds is 5. The van der Waals surface area contributed by atoms with E-state index in [0.717, 1.165) is 22.5 Å². The molecule has 0 unspecified atom stereocenters. The van der Waals surface area contributed by atoms with E-state index in [1.807, 2.05) is 61.5 Å². The minimum absolute atomic E-state index is 0.139. The van der Waals surface area contributed by atoms with Crippen LogP contribution in [0.1, 0.15) is 18.1 Å². The summed E-state index contributed by atoms with van der Waals surface area (Å²) in [5.41, 5.74) is 6.13. The molecule has 0 spiro atoms. The Bertz CT molecular complexity index is 824. The fraction of sp³-hybridized carbons (Fsp3) is 0.111. The van der Waals surface area contributed by atoms with Gasteiger partial charge in [-0.3, -0.25) is 4.79 Å². The van der Waals surface area contributed by atoms with E-state index >= 15 is 0 Å². The van der Waals surface area contributed by atoms with Crippen molar-refractivity contribution in [3.05, 3.63) is 78.4 Å². The first-order valence-electron chi connectivity index (χ1n) is 7.55. The monoisotopic (exact) mass is 319 g/mol. The van der Waals surface area contributed by atoms with Crippen LogP contribution in [0.3, 0.4) is 0 Å². The van der Waals surface area contributed by atoms with E-state index in [2.05, 4.69) is 20.6 Å². The van der Waals surface area contributed by atoms with Crippen molar-refractivity contribution in [3.8, 4) is 5.69 Å². The summed E-state index contributed by atoms with van der Waals surface area (Å²) < 4.78 is 1.68. The molecule has 6 heteroatoms. The van der Waals surface area contributed by atoms with E-state index in [0.29, 0.717) is 6.42 Å². The van der Waals surface area contributed by atoms with E-state index in [1.54, 1.807) is 11.0 Å². The number of hydrogen-bond donors (Lipinski definition) is 1. The summed E-state index contributed by atoms with van der Waals surface area (Å²) in [6, 6.07) is 17.3. The summed E-state index contributed by atoms with van der Waals surface area (Å²) in [6.45, 7) is 1.85. The molecule has 0 saturated heterocycles. The first-order chi connectivity index (χ1) is 11.7. The molecule has 120 valence electrons. The lowest BCUT2D eigenvalue weighted by molar-refractivity contribution is -0.120. The van der Waals surface area contributed by atoms with Gasteiger partial charge in [-0.15, -0.1) is 0 Å². The average Bonchev–Trinajstić information content (AvgIpc) is 3.15. The van der Waals surface area contributed by atoms with Gasteiger partial charge in [0.15, 0.2) is 0 Å². The molecule has 1 aromatic heterocycles. The van der Waals surface area contributed by atoms with Crippen molar-refractivity contribution >= 4 is 11.6 Å². The van der Waals surface area contributed by atoms with E-state index < -0.39 is 0 Å². The van der Waals surface area contributed by atoms with E-state index in [-0.39, 0.29) is 5.91 Å². The Kier molecular flexibility index (Phi) is 4.76. The van der Waals surface area contributed by atoms with Crippen molar-refractivity contribution in [2.45, 2.75) is 13.3 Å². The molecule has 0 aliphatic carbocycles. The van der Waals surface area contributed by atoms with Gasteiger partial charge in [0.05, 0.1) is 17.8 Å². The molecule has 0 bridgehead atoms. The number of aromatic nitrogens is 3. The molecule has 1 heterocycles. The van der Waals surface area contributed by atoms with Gasteiger partial charge in [-0.1, -0.05) is 42.5 Å². The summed E-state index contributed by atoms with van der Waals surface area (Å²) in [5.74, 6) is -0.139. The Balaban J connectivity index is 1.62. The molecule has 0 aliphatic rings. The van der Waals surface area contributed by atoms with Gasteiger partial charge in [0.25, 0.3) is 0 Å². The Morgan fingerprint density at radius 1 is 1.12 bits per heavy atom. The highest BCUT2D eigenvalue weighted by atomic mass is 16.2. The second-order valence-corrected chi connectivity index (χ2v) is 5.28. The van der Waals surface area contributed by atoms with Crippen molar-refractivity contribution < 1.29 is 4.79 Å². The van der Waals surface area contributed by atoms with Gasteiger partial charge < -0.3 is 0 Å². The smallest absolute Gasteiger partial charge is 0.244 e. The minimum Gasteiger partial charge on any atom is -0.273 e. The number of hydrogen-bond acceptors (Lipinski definition) is 4. The van der Waals surface area contributed by atoms with Gasteiger partial charge in [-0.2, -0.15) is 10.2 Å². The van der Waals surface area contributed by atoms with Crippen LogP contribution < -0.4 is 5.43 Å². The molecule has 1 N–H and O–H groups in total. The van der Waals surface area contributed by atoms with Crippen LogP contribution in [0, 0.1) is 0 Å². The molecular formula is C18H17N5O. The highest BCUT2D eigenvalue weighted by Crippen LogP contribution is 2.09. The van der Waals surface area contributed by atoms with Gasteiger partial charge in [-0.05, 0) is 30.2 Å². The SMILES string of the molecule is C/C(=N\NC(=O)Cc1ccccc1)c1ccc(-n2cncn2)cc1. The Hall–Kier alpha value is -3.28. The third-order valence-corrected chi connectivity index (χ3v) is 3.52. The molecule has 2 aromatic carbocycles. The van der Waals surface area contributed by atoms with Crippen molar-refractivity contribution in [3.63, 3.8) is 0 Å². The molecule has 0 fully saturated rings. The van der Waals surface area contributed by atoms with Gasteiger partial charge in [0.1, 0.15) is 12.7 Å². The summed E-state index contributed by atoms with van der Waals surface area (Å²) in [6.07, 6.45) is 3.44. The first-order valence-corrected chi connectivity index (χ1v) is 7.55. The van der Waals surface area contributed by atoms with Crippen molar-refractivity contribution in [2.24, 2.45) is 5.10 Å². The molecule has 0 radical (unpaired) electrons. The molecule has 3 rings (SSSR count). The lowest BCUT2D eigenvalue weighted by Gasteiger charge is -2.05. The third-order valence-electron chi connectivity index (χ3n) is 3.52. The zero-order valence-corrected chi connectivity index (χ0v) is 13.3. The van der Waals surface area contributed by atoms with Crippen molar-refractivity contribution in [1.29, 1.82) is 0 Å². The van der Waals surface area contributed by atoms with Crippen LogP contribution in [-0.4, -0.2) is 26.4 Å². The number of nitrogens with one attached hydrogen (secondary N) is 1. The van der Waals surface area contributed by atoms with E-state index in [1.165, 1.54) is 6.33 Å². The molecule has 3 aromatic rings. The van der Waals surface area contributed by atoms with Gasteiger partial charge >= 0.3 is 0 Å². The quantitative estimate of drug-likeness (QED) is 0.579. The number of hydrazone groups is 1. The van der Waals surface area contributed by atoms with Crippen LogP contribution in [0.25, 0.3) is 5.69 Å². The predicted octanol–water partition coefficient (Wildman–Crippen LogP) is 2.35. The largest absolute Gasteiger partial charge is 0.273 e. The summed E-state index contributed by atoms with van der Waals surface area (Å²) in [4.78, 5) is 15.8. The highest BCUT2D eigenvalue weighted by molar-refractivity contribution is 5.99. The zero-order valence-electron chi connectivity index (χ0n) is 13.3. The zero-order chi connectivity index (χ0) is 16.8. The van der Waals surface area contributed by atoms with Crippen LogP contribution in [0.5, 0.6) is 0 Å². The predicted molar refractivity (Wildman–Crippen MR) is 91.9 cm³/mol. The molecule has 1 amide bonds. The van der Waals surface area contributed by atoms with E-state index in [9.17, 15) is 4.79 Å². The van der Waals surface area contributed by atoms with Crippen LogP contribution in [0.4, 0.5) is 0 Å². The van der Waals surface area contributed by atoms with Crippen LogP contribution in [0.15, 0.2) is 72.4 Å². The maximum atomic E-state index is 11.9. The fourth-order valence-electron chi connectivity index (χ4n) is 2.23.